The van der Waals surface area contributed by atoms with Gasteiger partial charge in [-0.2, -0.15) is 0 Å². The number of aryl methyl sites for hydroxylation is 1. The molecule has 0 amide bonds. The predicted molar refractivity (Wildman–Crippen MR) is 70.5 cm³/mol. The van der Waals surface area contributed by atoms with Crippen molar-refractivity contribution >= 4 is 10.0 Å². The molecule has 1 fully saturated rings. The van der Waals surface area contributed by atoms with E-state index in [4.69, 9.17) is 4.84 Å². The third kappa shape index (κ3) is 2.16. The first-order valence-corrected chi connectivity index (χ1v) is 7.36. The van der Waals surface area contributed by atoms with Crippen LogP contribution < -0.4 is 0 Å². The molecule has 98 valence electrons. The van der Waals surface area contributed by atoms with Crippen molar-refractivity contribution in [1.29, 1.82) is 0 Å². The van der Waals surface area contributed by atoms with Gasteiger partial charge in [-0.25, -0.2) is 8.42 Å². The van der Waals surface area contributed by atoms with Crippen LogP contribution in [0.1, 0.15) is 17.4 Å². The average molecular weight is 275 g/mol. The summed E-state index contributed by atoms with van der Waals surface area (Å²) in [5.41, 5.74) is 1.55. The molecule has 1 aliphatic rings. The van der Waals surface area contributed by atoms with Gasteiger partial charge in [-0.15, -0.1) is 0 Å². The van der Waals surface area contributed by atoms with Gasteiger partial charge >= 0.3 is 0 Å². The van der Waals surface area contributed by atoms with E-state index in [0.29, 0.717) is 5.56 Å². The molecule has 5 heteroatoms. The summed E-state index contributed by atoms with van der Waals surface area (Å²) in [6.45, 7) is 1.77. The van der Waals surface area contributed by atoms with Crippen molar-refractivity contribution in [3.63, 3.8) is 0 Å². The molecule has 0 aliphatic carbocycles. The van der Waals surface area contributed by atoms with Gasteiger partial charge in [0, 0.05) is 5.56 Å². The van der Waals surface area contributed by atoms with Crippen LogP contribution in [-0.4, -0.2) is 12.9 Å². The molecule has 19 heavy (non-hydrogen) atoms. The Hall–Kier alpha value is -1.69. The maximum Gasteiger partial charge on any atom is 0.268 e. The zero-order valence-electron chi connectivity index (χ0n) is 10.4. The van der Waals surface area contributed by atoms with Gasteiger partial charge in [0.2, 0.25) is 0 Å². The SMILES string of the molecule is Cc1ccccc1S(=O)(=O)N1OC1c1ccccc1. The average Bonchev–Trinajstić information content (AvgIpc) is 3.21. The lowest BCUT2D eigenvalue weighted by Gasteiger charge is -2.05. The summed E-state index contributed by atoms with van der Waals surface area (Å²) in [6, 6.07) is 16.2. The molecule has 2 aromatic carbocycles. The number of benzene rings is 2. The van der Waals surface area contributed by atoms with Crippen molar-refractivity contribution < 1.29 is 13.3 Å². The first-order valence-electron chi connectivity index (χ1n) is 5.92. The molecular weight excluding hydrogens is 262 g/mol. The van der Waals surface area contributed by atoms with Gasteiger partial charge in [-0.1, -0.05) is 48.5 Å². The second-order valence-corrected chi connectivity index (χ2v) is 6.14. The van der Waals surface area contributed by atoms with Crippen molar-refractivity contribution in [2.45, 2.75) is 18.0 Å². The van der Waals surface area contributed by atoms with E-state index in [1.165, 1.54) is 0 Å². The number of hydrogen-bond donors (Lipinski definition) is 0. The molecular formula is C14H13NO3S. The van der Waals surface area contributed by atoms with Crippen molar-refractivity contribution in [3.8, 4) is 0 Å². The van der Waals surface area contributed by atoms with E-state index >= 15 is 0 Å². The molecule has 2 unspecified atom stereocenters. The molecule has 2 atom stereocenters. The van der Waals surface area contributed by atoms with Crippen LogP contribution in [-0.2, 0) is 14.9 Å². The highest BCUT2D eigenvalue weighted by Gasteiger charge is 2.48. The molecule has 1 heterocycles. The van der Waals surface area contributed by atoms with E-state index in [2.05, 4.69) is 0 Å². The van der Waals surface area contributed by atoms with Crippen LogP contribution in [0.5, 0.6) is 0 Å². The highest BCUT2D eigenvalue weighted by molar-refractivity contribution is 7.89. The molecule has 0 spiro atoms. The van der Waals surface area contributed by atoms with Crippen LogP contribution in [0, 0.1) is 6.92 Å². The number of rotatable bonds is 3. The van der Waals surface area contributed by atoms with Crippen LogP contribution in [0.15, 0.2) is 59.5 Å². The van der Waals surface area contributed by atoms with Crippen molar-refractivity contribution in [3.05, 3.63) is 65.7 Å². The molecule has 0 aromatic heterocycles. The van der Waals surface area contributed by atoms with E-state index in [9.17, 15) is 8.42 Å². The van der Waals surface area contributed by atoms with Crippen molar-refractivity contribution in [1.82, 2.24) is 4.47 Å². The lowest BCUT2D eigenvalue weighted by atomic mass is 10.2. The van der Waals surface area contributed by atoms with E-state index in [1.54, 1.807) is 25.1 Å². The second kappa shape index (κ2) is 4.45. The van der Waals surface area contributed by atoms with E-state index in [0.717, 1.165) is 10.0 Å². The lowest BCUT2D eigenvalue weighted by Crippen LogP contribution is -2.13. The molecule has 4 nitrogen and oxygen atoms in total. The predicted octanol–water partition coefficient (Wildman–Crippen LogP) is 2.63. The lowest BCUT2D eigenvalue weighted by molar-refractivity contribution is 0.283. The highest BCUT2D eigenvalue weighted by atomic mass is 32.2. The van der Waals surface area contributed by atoms with Crippen LogP contribution in [0.2, 0.25) is 0 Å². The van der Waals surface area contributed by atoms with Gasteiger partial charge in [-0.05, 0) is 23.0 Å². The highest BCUT2D eigenvalue weighted by Crippen LogP contribution is 2.42. The summed E-state index contributed by atoms with van der Waals surface area (Å²) in [6.07, 6.45) is -0.509. The largest absolute Gasteiger partial charge is 0.268 e. The van der Waals surface area contributed by atoms with E-state index < -0.39 is 16.3 Å². The Morgan fingerprint density at radius 1 is 1.00 bits per heavy atom. The van der Waals surface area contributed by atoms with Crippen LogP contribution in [0.25, 0.3) is 0 Å². The van der Waals surface area contributed by atoms with Crippen LogP contribution in [0.4, 0.5) is 0 Å². The van der Waals surface area contributed by atoms with Gasteiger partial charge in [0.05, 0.1) is 4.90 Å². The smallest absolute Gasteiger partial charge is 0.253 e. The standard InChI is InChI=1S/C14H13NO3S/c1-11-7-5-6-10-13(11)19(16,17)15-14(18-15)12-8-3-2-4-9-12/h2-10,14H,1H3. The maximum absolute atomic E-state index is 12.4. The zero-order chi connectivity index (χ0) is 13.5. The monoisotopic (exact) mass is 275 g/mol. The Balaban J connectivity index is 1.91. The van der Waals surface area contributed by atoms with Crippen molar-refractivity contribution in [2.24, 2.45) is 0 Å². The second-order valence-electron chi connectivity index (χ2n) is 4.39. The fraction of sp³-hybridized carbons (Fsp3) is 0.143. The summed E-state index contributed by atoms with van der Waals surface area (Å²) >= 11 is 0. The summed E-state index contributed by atoms with van der Waals surface area (Å²) in [5, 5.41) is 0. The summed E-state index contributed by atoms with van der Waals surface area (Å²) in [7, 11) is -3.58. The first kappa shape index (κ1) is 12.3. The number of sulfonamides is 1. The molecule has 1 aliphatic heterocycles. The third-order valence-corrected chi connectivity index (χ3v) is 4.81. The first-order chi connectivity index (χ1) is 9.10. The fourth-order valence-corrected chi connectivity index (χ4v) is 3.48. The quantitative estimate of drug-likeness (QED) is 0.809. The molecule has 1 saturated heterocycles. The Labute approximate surface area is 112 Å². The van der Waals surface area contributed by atoms with Crippen molar-refractivity contribution in [2.75, 3.05) is 0 Å². The Morgan fingerprint density at radius 3 is 2.32 bits per heavy atom. The van der Waals surface area contributed by atoms with E-state index in [1.807, 2.05) is 36.4 Å². The molecule has 0 bridgehead atoms. The summed E-state index contributed by atoms with van der Waals surface area (Å²) in [4.78, 5) is 5.51. The Kier molecular flexibility index (Phi) is 2.89. The topological polar surface area (TPSA) is 49.7 Å². The van der Waals surface area contributed by atoms with Gasteiger partial charge in [-0.3, -0.25) is 4.84 Å². The fourth-order valence-electron chi connectivity index (χ4n) is 2.00. The number of nitrogens with zero attached hydrogens (tertiary/aromatic N) is 1. The number of hydrogen-bond acceptors (Lipinski definition) is 3. The zero-order valence-corrected chi connectivity index (χ0v) is 11.2. The summed E-state index contributed by atoms with van der Waals surface area (Å²) in [5.74, 6) is 0. The third-order valence-electron chi connectivity index (χ3n) is 3.04. The van der Waals surface area contributed by atoms with Gasteiger partial charge < -0.3 is 0 Å². The minimum absolute atomic E-state index is 0.286. The van der Waals surface area contributed by atoms with Gasteiger partial charge in [0.15, 0.2) is 6.23 Å². The molecule has 0 saturated carbocycles. The van der Waals surface area contributed by atoms with Crippen LogP contribution >= 0.6 is 0 Å². The molecule has 3 rings (SSSR count). The summed E-state index contributed by atoms with van der Waals surface area (Å²) < 4.78 is 25.8. The molecule has 0 N–H and O–H groups in total. The maximum atomic E-state index is 12.4. The van der Waals surface area contributed by atoms with Gasteiger partial charge in [0.25, 0.3) is 10.0 Å². The van der Waals surface area contributed by atoms with E-state index in [-0.39, 0.29) is 4.90 Å². The van der Waals surface area contributed by atoms with Crippen LogP contribution in [0.3, 0.4) is 0 Å². The molecule has 0 radical (unpaired) electrons. The minimum Gasteiger partial charge on any atom is -0.253 e. The minimum atomic E-state index is -3.58. The normalized spacial score (nSPS) is 22.2. The Bertz CT molecular complexity index is 698. The number of hydroxylamine groups is 1. The van der Waals surface area contributed by atoms with Gasteiger partial charge in [0.1, 0.15) is 0 Å². The Morgan fingerprint density at radius 2 is 1.63 bits per heavy atom. The molecule has 2 aromatic rings.